The van der Waals surface area contributed by atoms with E-state index < -0.39 is 10.0 Å². The van der Waals surface area contributed by atoms with Crippen LogP contribution in [0.25, 0.3) is 0 Å². The number of nitrogens with zero attached hydrogens (tertiary/aromatic N) is 2. The second-order valence-electron chi connectivity index (χ2n) is 9.12. The van der Waals surface area contributed by atoms with Gasteiger partial charge in [0.2, 0.25) is 5.13 Å². The molecule has 7 heteroatoms. The van der Waals surface area contributed by atoms with E-state index in [0.29, 0.717) is 5.13 Å². The van der Waals surface area contributed by atoms with Gasteiger partial charge in [-0.1, -0.05) is 126 Å². The number of nitrogens with one attached hydrogen (secondary N) is 1. The van der Waals surface area contributed by atoms with Gasteiger partial charge in [-0.3, -0.25) is 4.72 Å². The Balaban J connectivity index is 1.48. The van der Waals surface area contributed by atoms with Crippen LogP contribution >= 0.6 is 11.3 Å². The average Bonchev–Trinajstić information content (AvgIpc) is 3.23. The minimum atomic E-state index is -3.61. The van der Waals surface area contributed by atoms with Gasteiger partial charge < -0.3 is 0 Å². The quantitative estimate of drug-likeness (QED) is 0.201. The Bertz CT molecular complexity index is 864. The van der Waals surface area contributed by atoms with Crippen molar-refractivity contribution < 1.29 is 8.42 Å². The molecule has 0 aliphatic rings. The summed E-state index contributed by atoms with van der Waals surface area (Å²) in [5.74, 6) is 0. The van der Waals surface area contributed by atoms with Gasteiger partial charge in [-0.25, -0.2) is 8.42 Å². The van der Waals surface area contributed by atoms with Crippen LogP contribution in [-0.2, 0) is 16.4 Å². The molecule has 0 radical (unpaired) electrons. The standard InChI is InChI=1S/C26H43N3O2S2/c1-3-4-5-6-7-8-9-10-11-12-13-14-15-16-17-18-25-27-28-26(32-25)29-33(30,31)24-21-19-23(2)20-22-24/h19-22H,3-18H2,1-2H3,(H,28,29). The zero-order valence-electron chi connectivity index (χ0n) is 20.7. The Morgan fingerprint density at radius 1 is 0.727 bits per heavy atom. The fraction of sp³-hybridized carbons (Fsp3) is 0.692. The van der Waals surface area contributed by atoms with Crippen molar-refractivity contribution in [3.63, 3.8) is 0 Å². The van der Waals surface area contributed by atoms with Crippen LogP contribution in [0, 0.1) is 6.92 Å². The summed E-state index contributed by atoms with van der Waals surface area (Å²) in [5.41, 5.74) is 1.02. The predicted molar refractivity (Wildman–Crippen MR) is 141 cm³/mol. The van der Waals surface area contributed by atoms with E-state index in [1.165, 1.54) is 101 Å². The zero-order chi connectivity index (χ0) is 23.8. The third-order valence-corrected chi connectivity index (χ3v) is 8.40. The lowest BCUT2D eigenvalue weighted by Gasteiger charge is -2.04. The molecular formula is C26H43N3O2S2. The van der Waals surface area contributed by atoms with Crippen molar-refractivity contribution in [2.75, 3.05) is 4.72 Å². The smallest absolute Gasteiger partial charge is 0.253 e. The molecule has 0 aliphatic carbocycles. The Morgan fingerprint density at radius 2 is 1.21 bits per heavy atom. The Labute approximate surface area is 205 Å². The summed E-state index contributed by atoms with van der Waals surface area (Å²) in [6.45, 7) is 4.20. The van der Waals surface area contributed by atoms with Gasteiger partial charge in [0, 0.05) is 6.42 Å². The number of aryl methyl sites for hydroxylation is 2. The molecule has 1 heterocycles. The highest BCUT2D eigenvalue weighted by Gasteiger charge is 2.16. The van der Waals surface area contributed by atoms with Crippen LogP contribution in [0.4, 0.5) is 5.13 Å². The molecule has 1 aromatic carbocycles. The largest absolute Gasteiger partial charge is 0.263 e. The van der Waals surface area contributed by atoms with Crippen molar-refractivity contribution in [2.24, 2.45) is 0 Å². The second kappa shape index (κ2) is 16.2. The van der Waals surface area contributed by atoms with E-state index in [9.17, 15) is 8.42 Å². The second-order valence-corrected chi connectivity index (χ2v) is 11.9. The number of sulfonamides is 1. The van der Waals surface area contributed by atoms with Crippen LogP contribution in [-0.4, -0.2) is 18.6 Å². The van der Waals surface area contributed by atoms with Gasteiger partial charge in [-0.2, -0.15) is 0 Å². The minimum Gasteiger partial charge on any atom is -0.253 e. The number of rotatable bonds is 19. The maximum atomic E-state index is 12.5. The van der Waals surface area contributed by atoms with E-state index in [2.05, 4.69) is 21.8 Å². The fourth-order valence-electron chi connectivity index (χ4n) is 3.93. The van der Waals surface area contributed by atoms with E-state index in [0.717, 1.165) is 23.4 Å². The highest BCUT2D eigenvalue weighted by molar-refractivity contribution is 7.93. The first kappa shape index (κ1) is 27.8. The van der Waals surface area contributed by atoms with E-state index in [4.69, 9.17) is 0 Å². The first-order chi connectivity index (χ1) is 16.0. The number of benzene rings is 1. The maximum Gasteiger partial charge on any atom is 0.263 e. The van der Waals surface area contributed by atoms with Gasteiger partial charge in [-0.15, -0.1) is 10.2 Å². The average molecular weight is 494 g/mol. The molecule has 0 aliphatic heterocycles. The Morgan fingerprint density at radius 3 is 1.73 bits per heavy atom. The van der Waals surface area contributed by atoms with Crippen molar-refractivity contribution >= 4 is 26.5 Å². The summed E-state index contributed by atoms with van der Waals surface area (Å²) < 4.78 is 27.5. The number of anilines is 1. The number of unbranched alkanes of at least 4 members (excludes halogenated alkanes) is 14. The molecule has 0 atom stereocenters. The molecule has 2 rings (SSSR count). The summed E-state index contributed by atoms with van der Waals surface area (Å²) in [7, 11) is -3.61. The first-order valence-electron chi connectivity index (χ1n) is 12.9. The van der Waals surface area contributed by atoms with Crippen molar-refractivity contribution in [2.45, 2.75) is 121 Å². The summed E-state index contributed by atoms with van der Waals surface area (Å²) in [4.78, 5) is 0.243. The summed E-state index contributed by atoms with van der Waals surface area (Å²) in [6, 6.07) is 6.79. The molecule has 33 heavy (non-hydrogen) atoms. The van der Waals surface area contributed by atoms with Crippen LogP contribution in [0.3, 0.4) is 0 Å². The van der Waals surface area contributed by atoms with Crippen molar-refractivity contribution in [1.82, 2.24) is 10.2 Å². The van der Waals surface area contributed by atoms with E-state index in [1.807, 2.05) is 6.92 Å². The van der Waals surface area contributed by atoms with Gasteiger partial charge in [0.15, 0.2) is 0 Å². The summed E-state index contributed by atoms with van der Waals surface area (Å²) in [5, 5.41) is 9.40. The third kappa shape index (κ3) is 12.0. The predicted octanol–water partition coefficient (Wildman–Crippen LogP) is 8.06. The molecule has 1 aromatic heterocycles. The molecule has 2 aromatic rings. The van der Waals surface area contributed by atoms with Gasteiger partial charge >= 0.3 is 0 Å². The van der Waals surface area contributed by atoms with Crippen LogP contribution in [0.15, 0.2) is 29.2 Å². The van der Waals surface area contributed by atoms with Gasteiger partial charge in [0.05, 0.1) is 4.90 Å². The monoisotopic (exact) mass is 493 g/mol. The molecular weight excluding hydrogens is 450 g/mol. The Hall–Kier alpha value is -1.47. The van der Waals surface area contributed by atoms with Crippen LogP contribution in [0.2, 0.25) is 0 Å². The van der Waals surface area contributed by atoms with Crippen molar-refractivity contribution in [3.05, 3.63) is 34.8 Å². The Kier molecular flexibility index (Phi) is 13.6. The lowest BCUT2D eigenvalue weighted by Crippen LogP contribution is -2.12. The highest BCUT2D eigenvalue weighted by Crippen LogP contribution is 2.22. The first-order valence-corrected chi connectivity index (χ1v) is 15.2. The zero-order valence-corrected chi connectivity index (χ0v) is 22.3. The molecule has 0 saturated carbocycles. The van der Waals surface area contributed by atoms with Crippen molar-refractivity contribution in [1.29, 1.82) is 0 Å². The molecule has 0 saturated heterocycles. The summed E-state index contributed by atoms with van der Waals surface area (Å²) in [6.07, 6.45) is 21.1. The minimum absolute atomic E-state index is 0.243. The SMILES string of the molecule is CCCCCCCCCCCCCCCCCc1nnc(NS(=O)(=O)c2ccc(C)cc2)s1. The lowest BCUT2D eigenvalue weighted by atomic mass is 10.0. The topological polar surface area (TPSA) is 72.0 Å². The number of aromatic nitrogens is 2. The molecule has 0 amide bonds. The molecule has 0 bridgehead atoms. The van der Waals surface area contributed by atoms with Crippen LogP contribution in [0.1, 0.15) is 114 Å². The van der Waals surface area contributed by atoms with Gasteiger partial charge in [0.25, 0.3) is 10.0 Å². The maximum absolute atomic E-state index is 12.5. The number of hydrogen-bond donors (Lipinski definition) is 1. The molecule has 5 nitrogen and oxygen atoms in total. The third-order valence-electron chi connectivity index (χ3n) is 6.01. The van der Waals surface area contributed by atoms with Gasteiger partial charge in [0.1, 0.15) is 5.01 Å². The number of hydrogen-bond acceptors (Lipinski definition) is 5. The molecule has 0 fully saturated rings. The van der Waals surface area contributed by atoms with Gasteiger partial charge in [-0.05, 0) is 25.5 Å². The summed E-state index contributed by atoms with van der Waals surface area (Å²) >= 11 is 1.33. The molecule has 0 spiro atoms. The lowest BCUT2D eigenvalue weighted by molar-refractivity contribution is 0.532. The fourth-order valence-corrected chi connectivity index (χ4v) is 5.95. The highest BCUT2D eigenvalue weighted by atomic mass is 32.2. The molecule has 186 valence electrons. The van der Waals surface area contributed by atoms with Crippen LogP contribution < -0.4 is 4.72 Å². The van der Waals surface area contributed by atoms with E-state index in [1.54, 1.807) is 24.3 Å². The normalized spacial score (nSPS) is 11.7. The van der Waals surface area contributed by atoms with Crippen LogP contribution in [0.5, 0.6) is 0 Å². The van der Waals surface area contributed by atoms with E-state index in [-0.39, 0.29) is 4.90 Å². The van der Waals surface area contributed by atoms with E-state index >= 15 is 0 Å². The van der Waals surface area contributed by atoms with Crippen molar-refractivity contribution in [3.8, 4) is 0 Å². The molecule has 0 unspecified atom stereocenters. The molecule has 1 N–H and O–H groups in total.